The molecule has 0 bridgehead atoms. The predicted molar refractivity (Wildman–Crippen MR) is 62.4 cm³/mol. The summed E-state index contributed by atoms with van der Waals surface area (Å²) in [5.41, 5.74) is 6.31. The first-order valence-electron chi connectivity index (χ1n) is 4.32. The van der Waals surface area contributed by atoms with Crippen molar-refractivity contribution in [2.45, 2.75) is 18.9 Å². The molecule has 14 heavy (non-hydrogen) atoms. The highest BCUT2D eigenvalue weighted by atomic mass is 79.9. The molecule has 4 heteroatoms. The minimum atomic E-state index is -0.588. The Morgan fingerprint density at radius 2 is 2.21 bits per heavy atom. The number of rotatable bonds is 3. The van der Waals surface area contributed by atoms with Gasteiger partial charge in [-0.25, -0.2) is 0 Å². The number of nitrogens with two attached hydrogens (primary N) is 1. The fraction of sp³-hybridized carbons (Fsp3) is 0.400. The molecule has 2 nitrogen and oxygen atoms in total. The third-order valence-electron chi connectivity index (χ3n) is 2.17. The number of aliphatic hydroxyl groups excluding tert-OH is 1. The van der Waals surface area contributed by atoms with E-state index in [2.05, 4.69) is 15.9 Å². The van der Waals surface area contributed by atoms with Crippen LogP contribution in [0.4, 0.5) is 0 Å². The molecule has 1 aromatic carbocycles. The van der Waals surface area contributed by atoms with Crippen molar-refractivity contribution >= 4 is 27.5 Å². The topological polar surface area (TPSA) is 46.2 Å². The Morgan fingerprint density at radius 1 is 1.57 bits per heavy atom. The summed E-state index contributed by atoms with van der Waals surface area (Å²) in [5, 5.41) is 9.52. The predicted octanol–water partition coefficient (Wildman–Crippen LogP) is 2.66. The lowest BCUT2D eigenvalue weighted by molar-refractivity contribution is 0.247. The number of hydrogen-bond donors (Lipinski definition) is 2. The van der Waals surface area contributed by atoms with Crippen LogP contribution in [0.3, 0.4) is 0 Å². The van der Waals surface area contributed by atoms with Crippen molar-refractivity contribution in [3.05, 3.63) is 33.3 Å². The maximum Gasteiger partial charge on any atom is 0.0457 e. The van der Waals surface area contributed by atoms with Gasteiger partial charge in [-0.1, -0.05) is 27.5 Å². The summed E-state index contributed by atoms with van der Waals surface area (Å²) in [6, 6.07) is 5.54. The van der Waals surface area contributed by atoms with Crippen molar-refractivity contribution in [3.63, 3.8) is 0 Å². The number of aliphatic hydroxyl groups is 1. The molecule has 0 aliphatic heterocycles. The average Bonchev–Trinajstić information content (AvgIpc) is 2.09. The second-order valence-electron chi connectivity index (χ2n) is 3.52. The van der Waals surface area contributed by atoms with E-state index >= 15 is 0 Å². The van der Waals surface area contributed by atoms with Gasteiger partial charge in [-0.2, -0.15) is 0 Å². The fourth-order valence-corrected chi connectivity index (χ4v) is 2.00. The van der Waals surface area contributed by atoms with E-state index in [1.165, 1.54) is 0 Å². The summed E-state index contributed by atoms with van der Waals surface area (Å²) in [5.74, 6) is 0. The van der Waals surface area contributed by atoms with E-state index < -0.39 is 5.54 Å². The van der Waals surface area contributed by atoms with Gasteiger partial charge in [-0.3, -0.25) is 0 Å². The first-order valence-corrected chi connectivity index (χ1v) is 5.50. The quantitative estimate of drug-likeness (QED) is 0.893. The zero-order chi connectivity index (χ0) is 10.8. The van der Waals surface area contributed by atoms with Gasteiger partial charge in [0.25, 0.3) is 0 Å². The van der Waals surface area contributed by atoms with Gasteiger partial charge in [-0.15, -0.1) is 0 Å². The molecule has 0 amide bonds. The van der Waals surface area contributed by atoms with E-state index in [1.54, 1.807) is 6.07 Å². The summed E-state index contributed by atoms with van der Waals surface area (Å²) >= 11 is 9.40. The molecule has 1 atom stereocenters. The van der Waals surface area contributed by atoms with Crippen LogP contribution >= 0.6 is 27.5 Å². The lowest BCUT2D eigenvalue weighted by atomic mass is 9.90. The summed E-state index contributed by atoms with van der Waals surface area (Å²) < 4.78 is 0.937. The van der Waals surface area contributed by atoms with E-state index in [0.29, 0.717) is 11.4 Å². The van der Waals surface area contributed by atoms with Crippen molar-refractivity contribution in [2.75, 3.05) is 6.61 Å². The zero-order valence-electron chi connectivity index (χ0n) is 7.93. The number of hydrogen-bond acceptors (Lipinski definition) is 2. The maximum absolute atomic E-state index is 8.89. The van der Waals surface area contributed by atoms with Gasteiger partial charge in [-0.05, 0) is 37.1 Å². The first-order chi connectivity index (χ1) is 6.47. The molecule has 78 valence electrons. The van der Waals surface area contributed by atoms with Crippen LogP contribution < -0.4 is 5.73 Å². The van der Waals surface area contributed by atoms with E-state index in [-0.39, 0.29) is 6.61 Å². The minimum Gasteiger partial charge on any atom is -0.396 e. The highest BCUT2D eigenvalue weighted by molar-refractivity contribution is 9.10. The molecule has 0 saturated heterocycles. The summed E-state index contributed by atoms with van der Waals surface area (Å²) in [7, 11) is 0. The molecule has 3 N–H and O–H groups in total. The summed E-state index contributed by atoms with van der Waals surface area (Å²) in [4.78, 5) is 0. The van der Waals surface area contributed by atoms with Crippen LogP contribution in [0.25, 0.3) is 0 Å². The molecule has 0 aromatic heterocycles. The normalized spacial score (nSPS) is 15.2. The number of halogens is 2. The van der Waals surface area contributed by atoms with Crippen LogP contribution in [-0.4, -0.2) is 11.7 Å². The molecule has 0 aliphatic carbocycles. The largest absolute Gasteiger partial charge is 0.396 e. The molecule has 0 spiro atoms. The van der Waals surface area contributed by atoms with Gasteiger partial charge in [0, 0.05) is 21.6 Å². The Hall–Kier alpha value is -0.0900. The molecule has 0 radical (unpaired) electrons. The fourth-order valence-electron chi connectivity index (χ4n) is 1.30. The van der Waals surface area contributed by atoms with Crippen LogP contribution in [-0.2, 0) is 5.54 Å². The van der Waals surface area contributed by atoms with Crippen LogP contribution in [0.15, 0.2) is 22.7 Å². The Balaban J connectivity index is 3.10. The Bertz CT molecular complexity index is 328. The van der Waals surface area contributed by atoms with Crippen molar-refractivity contribution in [1.82, 2.24) is 0 Å². The monoisotopic (exact) mass is 277 g/mol. The van der Waals surface area contributed by atoms with Gasteiger partial charge in [0.15, 0.2) is 0 Å². The molecule has 0 saturated carbocycles. The minimum absolute atomic E-state index is 0.0514. The summed E-state index contributed by atoms with van der Waals surface area (Å²) in [6.45, 7) is 1.91. The smallest absolute Gasteiger partial charge is 0.0457 e. The lowest BCUT2D eigenvalue weighted by Gasteiger charge is -2.25. The van der Waals surface area contributed by atoms with Gasteiger partial charge in [0.1, 0.15) is 0 Å². The van der Waals surface area contributed by atoms with Crippen LogP contribution in [0, 0.1) is 0 Å². The lowest BCUT2D eigenvalue weighted by Crippen LogP contribution is -2.34. The van der Waals surface area contributed by atoms with Gasteiger partial charge < -0.3 is 10.8 Å². The Labute approximate surface area is 97.2 Å². The molecule has 1 rings (SSSR count). The Morgan fingerprint density at radius 3 is 2.79 bits per heavy atom. The highest BCUT2D eigenvalue weighted by Crippen LogP contribution is 2.30. The maximum atomic E-state index is 8.89. The third kappa shape index (κ3) is 2.70. The summed E-state index contributed by atoms with van der Waals surface area (Å²) in [6.07, 6.45) is 0.489. The molecular formula is C10H13BrClNO. The van der Waals surface area contributed by atoms with Gasteiger partial charge >= 0.3 is 0 Å². The molecular weight excluding hydrogens is 265 g/mol. The van der Waals surface area contributed by atoms with Crippen molar-refractivity contribution < 1.29 is 5.11 Å². The van der Waals surface area contributed by atoms with Crippen LogP contribution in [0.5, 0.6) is 0 Å². The molecule has 0 aliphatic rings. The van der Waals surface area contributed by atoms with E-state index in [0.717, 1.165) is 10.0 Å². The number of benzene rings is 1. The van der Waals surface area contributed by atoms with Crippen molar-refractivity contribution in [3.8, 4) is 0 Å². The van der Waals surface area contributed by atoms with E-state index in [9.17, 15) is 0 Å². The van der Waals surface area contributed by atoms with Gasteiger partial charge in [0.2, 0.25) is 0 Å². The average molecular weight is 279 g/mol. The second kappa shape index (κ2) is 4.62. The molecule has 1 aromatic rings. The first kappa shape index (κ1) is 12.0. The highest BCUT2D eigenvalue weighted by Gasteiger charge is 2.23. The molecule has 0 fully saturated rings. The van der Waals surface area contributed by atoms with Crippen molar-refractivity contribution in [2.24, 2.45) is 5.73 Å². The SMILES string of the molecule is C[C@](N)(CCO)c1cc(Br)ccc1Cl. The molecule has 0 unspecified atom stereocenters. The zero-order valence-corrected chi connectivity index (χ0v) is 10.3. The second-order valence-corrected chi connectivity index (χ2v) is 4.84. The third-order valence-corrected chi connectivity index (χ3v) is 3.00. The van der Waals surface area contributed by atoms with Crippen LogP contribution in [0.2, 0.25) is 5.02 Å². The van der Waals surface area contributed by atoms with E-state index in [4.69, 9.17) is 22.4 Å². The Kier molecular flexibility index (Phi) is 3.95. The van der Waals surface area contributed by atoms with Gasteiger partial charge in [0.05, 0.1) is 0 Å². The van der Waals surface area contributed by atoms with Crippen LogP contribution in [0.1, 0.15) is 18.9 Å². The van der Waals surface area contributed by atoms with Crippen molar-refractivity contribution in [1.29, 1.82) is 0 Å². The molecule has 0 heterocycles. The standard InChI is InChI=1S/C10H13BrClNO/c1-10(13,4-5-14)8-6-7(11)2-3-9(8)12/h2-3,6,14H,4-5,13H2,1H3/t10-/m0/s1. The van der Waals surface area contributed by atoms with E-state index in [1.807, 2.05) is 19.1 Å².